The SMILES string of the molecule is CC1CC=CC=C1c1cc(-c2ccccc2)cc(-n2c3ccccc3c3cc(-n4c5ccccc5c5ccccc54)ccc32)c1. The molecule has 0 spiro atoms. The number of nitrogens with zero attached hydrogens (tertiary/aromatic N) is 2. The van der Waals surface area contributed by atoms with Gasteiger partial charge in [0.25, 0.3) is 0 Å². The Bertz CT molecular complexity index is 2410. The van der Waals surface area contributed by atoms with Crippen LogP contribution >= 0.6 is 0 Å². The Balaban J connectivity index is 1.31. The van der Waals surface area contributed by atoms with Crippen LogP contribution in [0.1, 0.15) is 18.9 Å². The lowest BCUT2D eigenvalue weighted by Crippen LogP contribution is -2.03. The molecule has 0 aliphatic heterocycles. The van der Waals surface area contributed by atoms with E-state index in [-0.39, 0.29) is 0 Å². The lowest BCUT2D eigenvalue weighted by atomic mass is 9.86. The quantitative estimate of drug-likeness (QED) is 0.197. The van der Waals surface area contributed by atoms with E-state index in [9.17, 15) is 0 Å². The number of aromatic nitrogens is 2. The summed E-state index contributed by atoms with van der Waals surface area (Å²) in [4.78, 5) is 0. The highest BCUT2D eigenvalue weighted by atomic mass is 15.0. The highest BCUT2D eigenvalue weighted by Crippen LogP contribution is 2.39. The van der Waals surface area contributed by atoms with Crippen molar-refractivity contribution in [2.75, 3.05) is 0 Å². The molecular weight excluding hydrogens is 544 g/mol. The molecule has 0 fully saturated rings. The van der Waals surface area contributed by atoms with Gasteiger partial charge < -0.3 is 9.13 Å². The van der Waals surface area contributed by atoms with E-state index in [1.807, 2.05) is 0 Å². The van der Waals surface area contributed by atoms with Crippen LogP contribution in [0.5, 0.6) is 0 Å². The molecule has 6 aromatic carbocycles. The molecule has 2 nitrogen and oxygen atoms in total. The fourth-order valence-electron chi connectivity index (χ4n) is 7.41. The zero-order chi connectivity index (χ0) is 29.9. The van der Waals surface area contributed by atoms with Crippen LogP contribution in [-0.2, 0) is 0 Å². The van der Waals surface area contributed by atoms with Crippen LogP contribution in [0.15, 0.2) is 158 Å². The van der Waals surface area contributed by atoms with Gasteiger partial charge in [-0.2, -0.15) is 0 Å². The van der Waals surface area contributed by atoms with E-state index in [0.29, 0.717) is 5.92 Å². The van der Waals surface area contributed by atoms with Crippen LogP contribution in [0.2, 0.25) is 0 Å². The van der Waals surface area contributed by atoms with Gasteiger partial charge in [-0.3, -0.25) is 0 Å². The Morgan fingerprint density at radius 3 is 1.69 bits per heavy atom. The van der Waals surface area contributed by atoms with E-state index < -0.39 is 0 Å². The highest BCUT2D eigenvalue weighted by molar-refractivity contribution is 6.12. The zero-order valence-corrected chi connectivity index (χ0v) is 25.2. The van der Waals surface area contributed by atoms with Gasteiger partial charge in [0.15, 0.2) is 0 Å². The lowest BCUT2D eigenvalue weighted by molar-refractivity contribution is 0.758. The number of benzene rings is 6. The van der Waals surface area contributed by atoms with Crippen molar-refractivity contribution in [2.24, 2.45) is 5.92 Å². The monoisotopic (exact) mass is 576 g/mol. The van der Waals surface area contributed by atoms with Crippen molar-refractivity contribution in [3.05, 3.63) is 163 Å². The lowest BCUT2D eigenvalue weighted by Gasteiger charge is -2.20. The molecule has 2 aromatic heterocycles. The van der Waals surface area contributed by atoms with Crippen LogP contribution in [0.25, 0.3) is 71.7 Å². The molecule has 0 saturated heterocycles. The van der Waals surface area contributed by atoms with Gasteiger partial charge >= 0.3 is 0 Å². The number of rotatable bonds is 4. The number of fused-ring (bicyclic) bond motifs is 6. The van der Waals surface area contributed by atoms with Crippen molar-refractivity contribution in [1.82, 2.24) is 9.13 Å². The van der Waals surface area contributed by atoms with Crippen molar-refractivity contribution < 1.29 is 0 Å². The molecule has 0 N–H and O–H groups in total. The van der Waals surface area contributed by atoms with Crippen molar-refractivity contribution in [1.29, 1.82) is 0 Å². The predicted molar refractivity (Wildman–Crippen MR) is 191 cm³/mol. The van der Waals surface area contributed by atoms with Gasteiger partial charge in [-0.1, -0.05) is 110 Å². The summed E-state index contributed by atoms with van der Waals surface area (Å²) in [6, 6.07) is 51.2. The largest absolute Gasteiger partial charge is 0.309 e. The molecule has 0 saturated carbocycles. The fraction of sp³-hybridized carbons (Fsp3) is 0.0698. The molecule has 1 aliphatic rings. The molecule has 1 unspecified atom stereocenters. The van der Waals surface area contributed by atoms with Gasteiger partial charge in [-0.15, -0.1) is 0 Å². The third kappa shape index (κ3) is 4.10. The van der Waals surface area contributed by atoms with Crippen molar-refractivity contribution in [2.45, 2.75) is 13.3 Å². The molecular formula is C43H32N2. The molecule has 2 heterocycles. The van der Waals surface area contributed by atoms with E-state index in [0.717, 1.165) is 6.42 Å². The molecule has 1 atom stereocenters. The maximum Gasteiger partial charge on any atom is 0.0542 e. The minimum Gasteiger partial charge on any atom is -0.309 e. The number of hydrogen-bond donors (Lipinski definition) is 0. The molecule has 0 bridgehead atoms. The Kier molecular flexibility index (Phi) is 5.89. The smallest absolute Gasteiger partial charge is 0.0542 e. The number of hydrogen-bond acceptors (Lipinski definition) is 0. The maximum absolute atomic E-state index is 2.46. The zero-order valence-electron chi connectivity index (χ0n) is 25.2. The van der Waals surface area contributed by atoms with E-state index in [4.69, 9.17) is 0 Å². The molecule has 214 valence electrons. The van der Waals surface area contributed by atoms with Crippen LogP contribution in [0.4, 0.5) is 0 Å². The standard InChI is InChI=1S/C43H32N2/c1-29-13-5-6-16-35(29)32-25-31(30-14-3-2-4-15-30)26-34(27-32)45-42-22-12-9-19-38(42)39-28-33(23-24-43(39)45)44-40-20-10-7-17-36(40)37-18-8-11-21-41(37)44/h2-12,14-29H,13H2,1H3. The normalized spacial score (nSPS) is 15.0. The van der Waals surface area contributed by atoms with Gasteiger partial charge in [0.1, 0.15) is 0 Å². The highest BCUT2D eigenvalue weighted by Gasteiger charge is 2.19. The van der Waals surface area contributed by atoms with Gasteiger partial charge in [0.2, 0.25) is 0 Å². The van der Waals surface area contributed by atoms with Gasteiger partial charge in [-0.25, -0.2) is 0 Å². The summed E-state index contributed by atoms with van der Waals surface area (Å²) in [5.41, 5.74) is 12.4. The maximum atomic E-state index is 2.46. The second kappa shape index (κ2) is 10.2. The summed E-state index contributed by atoms with van der Waals surface area (Å²) >= 11 is 0. The first-order valence-corrected chi connectivity index (χ1v) is 15.8. The summed E-state index contributed by atoms with van der Waals surface area (Å²) in [5.74, 6) is 0.473. The Morgan fingerprint density at radius 1 is 0.467 bits per heavy atom. The second-order valence-electron chi connectivity index (χ2n) is 12.2. The second-order valence-corrected chi connectivity index (χ2v) is 12.2. The first-order valence-electron chi connectivity index (χ1n) is 15.8. The minimum absolute atomic E-state index is 0.473. The molecule has 0 amide bonds. The summed E-state index contributed by atoms with van der Waals surface area (Å²) in [6.07, 6.45) is 7.85. The molecule has 45 heavy (non-hydrogen) atoms. The van der Waals surface area contributed by atoms with E-state index in [2.05, 4.69) is 174 Å². The third-order valence-corrected chi connectivity index (χ3v) is 9.54. The van der Waals surface area contributed by atoms with Crippen molar-refractivity contribution >= 4 is 49.2 Å². The molecule has 8 aromatic rings. The summed E-state index contributed by atoms with van der Waals surface area (Å²) in [5, 5.41) is 5.07. The van der Waals surface area contributed by atoms with Crippen LogP contribution in [0.3, 0.4) is 0 Å². The molecule has 1 aliphatic carbocycles. The van der Waals surface area contributed by atoms with E-state index in [1.165, 1.54) is 77.2 Å². The minimum atomic E-state index is 0.473. The van der Waals surface area contributed by atoms with Crippen LogP contribution in [-0.4, -0.2) is 9.13 Å². The average molecular weight is 577 g/mol. The Labute approximate surface area is 262 Å². The molecule has 9 rings (SSSR count). The van der Waals surface area contributed by atoms with Crippen LogP contribution in [0, 0.1) is 5.92 Å². The first-order chi connectivity index (χ1) is 22.2. The van der Waals surface area contributed by atoms with E-state index in [1.54, 1.807) is 0 Å². The van der Waals surface area contributed by atoms with Gasteiger partial charge in [0.05, 0.1) is 22.1 Å². The predicted octanol–water partition coefficient (Wildman–Crippen LogP) is 11.5. The number of allylic oxidation sites excluding steroid dienone is 4. The topological polar surface area (TPSA) is 9.86 Å². The number of para-hydroxylation sites is 3. The van der Waals surface area contributed by atoms with Crippen molar-refractivity contribution in [3.63, 3.8) is 0 Å². The fourth-order valence-corrected chi connectivity index (χ4v) is 7.41. The summed E-state index contributed by atoms with van der Waals surface area (Å²) in [6.45, 7) is 2.33. The molecule has 0 radical (unpaired) electrons. The molecule has 2 heteroatoms. The van der Waals surface area contributed by atoms with Gasteiger partial charge in [-0.05, 0) is 89.2 Å². The van der Waals surface area contributed by atoms with Crippen molar-refractivity contribution in [3.8, 4) is 22.5 Å². The summed E-state index contributed by atoms with van der Waals surface area (Å²) in [7, 11) is 0. The van der Waals surface area contributed by atoms with Gasteiger partial charge in [0, 0.05) is 32.9 Å². The third-order valence-electron chi connectivity index (χ3n) is 9.54. The summed E-state index contributed by atoms with van der Waals surface area (Å²) < 4.78 is 4.87. The van der Waals surface area contributed by atoms with E-state index >= 15 is 0 Å². The first kappa shape index (κ1) is 25.9. The Hall–Kier alpha value is -5.60. The van der Waals surface area contributed by atoms with Crippen LogP contribution < -0.4 is 0 Å². The Morgan fingerprint density at radius 2 is 1.02 bits per heavy atom. The average Bonchev–Trinajstić information content (AvgIpc) is 3.61.